The van der Waals surface area contributed by atoms with Crippen LogP contribution in [0.2, 0.25) is 0 Å². The molecule has 1 aromatic rings. The van der Waals surface area contributed by atoms with Crippen LogP contribution < -0.4 is 5.32 Å². The van der Waals surface area contributed by atoms with Gasteiger partial charge in [-0.25, -0.2) is 0 Å². The first-order valence-electron chi connectivity index (χ1n) is 4.79. The summed E-state index contributed by atoms with van der Waals surface area (Å²) < 4.78 is 0. The molecule has 0 amide bonds. The zero-order chi connectivity index (χ0) is 11.3. The van der Waals surface area contributed by atoms with E-state index in [4.69, 9.17) is 5.11 Å². The summed E-state index contributed by atoms with van der Waals surface area (Å²) in [4.78, 5) is 3.73. The molecule has 0 saturated carbocycles. The summed E-state index contributed by atoms with van der Waals surface area (Å²) >= 11 is 0. The number of aromatic nitrogens is 1. The molecule has 2 atom stereocenters. The maximum atomic E-state index is 9.71. The number of nitrogens with one attached hydrogen (secondary N) is 1. The molecule has 0 aliphatic carbocycles. The number of aliphatic hydroxyl groups excluding tert-OH is 2. The topological polar surface area (TPSA) is 85.6 Å². The van der Waals surface area contributed by atoms with E-state index in [1.807, 2.05) is 0 Å². The predicted octanol–water partition coefficient (Wildman–Crippen LogP) is -0.209. The Labute approximate surface area is 88.4 Å². The van der Waals surface area contributed by atoms with Gasteiger partial charge in [-0.3, -0.25) is 4.98 Å². The summed E-state index contributed by atoms with van der Waals surface area (Å²) in [6.07, 6.45) is 1.26. The quantitative estimate of drug-likeness (QED) is 0.542. The number of aliphatic hydroxyl groups is 2. The van der Waals surface area contributed by atoms with Gasteiger partial charge in [-0.05, 0) is 26.1 Å². The van der Waals surface area contributed by atoms with Crippen molar-refractivity contribution in [3.63, 3.8) is 0 Å². The van der Waals surface area contributed by atoms with Gasteiger partial charge in [0.05, 0.1) is 12.3 Å². The van der Waals surface area contributed by atoms with E-state index in [2.05, 4.69) is 10.3 Å². The average Bonchev–Trinajstić information content (AvgIpc) is 2.24. The van der Waals surface area contributed by atoms with Crippen molar-refractivity contribution < 1.29 is 15.3 Å². The van der Waals surface area contributed by atoms with E-state index >= 15 is 0 Å². The molecule has 0 fully saturated rings. The summed E-state index contributed by atoms with van der Waals surface area (Å²) in [7, 11) is 1.77. The average molecular weight is 212 g/mol. The van der Waals surface area contributed by atoms with Crippen molar-refractivity contribution in [3.05, 3.63) is 24.0 Å². The second-order valence-electron chi connectivity index (χ2n) is 3.38. The van der Waals surface area contributed by atoms with Crippen molar-refractivity contribution in [1.82, 2.24) is 10.3 Å². The SMILES string of the molecule is CNCCC(O)C(O)c1cncc(O)c1. The molecule has 4 N–H and O–H groups in total. The minimum atomic E-state index is -1.02. The van der Waals surface area contributed by atoms with Crippen molar-refractivity contribution in [2.45, 2.75) is 18.6 Å². The van der Waals surface area contributed by atoms with E-state index in [9.17, 15) is 10.2 Å². The van der Waals surface area contributed by atoms with Crippen LogP contribution in [0.5, 0.6) is 5.75 Å². The molecule has 0 bridgehead atoms. The van der Waals surface area contributed by atoms with Crippen LogP contribution in [-0.4, -0.2) is 40.0 Å². The number of hydrogen-bond acceptors (Lipinski definition) is 5. The lowest BCUT2D eigenvalue weighted by Crippen LogP contribution is -2.23. The van der Waals surface area contributed by atoms with Crippen LogP contribution in [0.4, 0.5) is 0 Å². The van der Waals surface area contributed by atoms with Crippen LogP contribution in [0.15, 0.2) is 18.5 Å². The van der Waals surface area contributed by atoms with E-state index in [1.54, 1.807) is 7.05 Å². The Bertz CT molecular complexity index is 306. The highest BCUT2D eigenvalue weighted by atomic mass is 16.3. The highest BCUT2D eigenvalue weighted by molar-refractivity contribution is 5.24. The molecule has 84 valence electrons. The molecule has 1 aromatic heterocycles. The molecule has 1 heterocycles. The fraction of sp³-hybridized carbons (Fsp3) is 0.500. The molecule has 0 aromatic carbocycles. The Kier molecular flexibility index (Phi) is 4.48. The van der Waals surface area contributed by atoms with Crippen molar-refractivity contribution in [2.75, 3.05) is 13.6 Å². The van der Waals surface area contributed by atoms with Gasteiger partial charge in [0, 0.05) is 11.8 Å². The van der Waals surface area contributed by atoms with Gasteiger partial charge < -0.3 is 20.6 Å². The minimum Gasteiger partial charge on any atom is -0.506 e. The molecule has 5 nitrogen and oxygen atoms in total. The second kappa shape index (κ2) is 5.65. The molecule has 0 saturated heterocycles. The molecule has 0 aliphatic heterocycles. The second-order valence-corrected chi connectivity index (χ2v) is 3.38. The van der Waals surface area contributed by atoms with Gasteiger partial charge in [0.25, 0.3) is 0 Å². The van der Waals surface area contributed by atoms with E-state index in [1.165, 1.54) is 18.5 Å². The number of hydrogen-bond donors (Lipinski definition) is 4. The van der Waals surface area contributed by atoms with Crippen molar-refractivity contribution >= 4 is 0 Å². The Balaban J connectivity index is 2.62. The Morgan fingerprint density at radius 3 is 2.73 bits per heavy atom. The van der Waals surface area contributed by atoms with Gasteiger partial charge in [0.15, 0.2) is 0 Å². The largest absolute Gasteiger partial charge is 0.506 e. The van der Waals surface area contributed by atoms with Gasteiger partial charge in [-0.2, -0.15) is 0 Å². The highest BCUT2D eigenvalue weighted by Gasteiger charge is 2.18. The predicted molar refractivity (Wildman–Crippen MR) is 55.4 cm³/mol. The lowest BCUT2D eigenvalue weighted by molar-refractivity contribution is 0.0137. The summed E-state index contributed by atoms with van der Waals surface area (Å²) in [6.45, 7) is 0.616. The molecular weight excluding hydrogens is 196 g/mol. The van der Waals surface area contributed by atoms with Crippen LogP contribution >= 0.6 is 0 Å². The fourth-order valence-electron chi connectivity index (χ4n) is 1.28. The third-order valence-electron chi connectivity index (χ3n) is 2.14. The smallest absolute Gasteiger partial charge is 0.134 e. The molecule has 0 aliphatic rings. The lowest BCUT2D eigenvalue weighted by atomic mass is 10.0. The summed E-state index contributed by atoms with van der Waals surface area (Å²) in [5, 5.41) is 31.3. The molecule has 1 rings (SSSR count). The third-order valence-corrected chi connectivity index (χ3v) is 2.14. The van der Waals surface area contributed by atoms with Gasteiger partial charge in [0.2, 0.25) is 0 Å². The maximum Gasteiger partial charge on any atom is 0.134 e. The van der Waals surface area contributed by atoms with Crippen molar-refractivity contribution in [3.8, 4) is 5.75 Å². The third kappa shape index (κ3) is 3.47. The summed E-state index contributed by atoms with van der Waals surface area (Å²) in [6, 6.07) is 1.39. The molecule has 5 heteroatoms. The van der Waals surface area contributed by atoms with E-state index in [-0.39, 0.29) is 5.75 Å². The molecule has 0 radical (unpaired) electrons. The van der Waals surface area contributed by atoms with Crippen LogP contribution in [0.25, 0.3) is 0 Å². The molecule has 15 heavy (non-hydrogen) atoms. The van der Waals surface area contributed by atoms with Crippen LogP contribution in [0.3, 0.4) is 0 Å². The van der Waals surface area contributed by atoms with Gasteiger partial charge in [-0.15, -0.1) is 0 Å². The van der Waals surface area contributed by atoms with E-state index < -0.39 is 12.2 Å². The number of rotatable bonds is 5. The number of aromatic hydroxyl groups is 1. The standard InChI is InChI=1S/C10H16N2O3/c1-11-3-2-9(14)10(15)7-4-8(13)6-12-5-7/h4-6,9-11,13-15H,2-3H2,1H3. The first kappa shape index (κ1) is 11.9. The minimum absolute atomic E-state index is 0.0210. The number of pyridine rings is 1. The number of nitrogens with zero attached hydrogens (tertiary/aromatic N) is 1. The summed E-state index contributed by atoms with van der Waals surface area (Å²) in [5.41, 5.74) is 0.415. The normalized spacial score (nSPS) is 14.9. The molecular formula is C10H16N2O3. The van der Waals surface area contributed by atoms with Gasteiger partial charge in [-0.1, -0.05) is 0 Å². The Hall–Kier alpha value is -1.17. The van der Waals surface area contributed by atoms with E-state index in [0.29, 0.717) is 18.5 Å². The molecule has 2 unspecified atom stereocenters. The fourth-order valence-corrected chi connectivity index (χ4v) is 1.28. The monoisotopic (exact) mass is 212 g/mol. The van der Waals surface area contributed by atoms with Gasteiger partial charge >= 0.3 is 0 Å². The van der Waals surface area contributed by atoms with Crippen molar-refractivity contribution in [2.24, 2.45) is 0 Å². The van der Waals surface area contributed by atoms with Crippen LogP contribution in [0.1, 0.15) is 18.1 Å². The van der Waals surface area contributed by atoms with E-state index in [0.717, 1.165) is 0 Å². The lowest BCUT2D eigenvalue weighted by Gasteiger charge is -2.17. The van der Waals surface area contributed by atoms with Crippen LogP contribution in [0, 0.1) is 0 Å². The Morgan fingerprint density at radius 1 is 1.40 bits per heavy atom. The highest BCUT2D eigenvalue weighted by Crippen LogP contribution is 2.20. The zero-order valence-corrected chi connectivity index (χ0v) is 8.59. The Morgan fingerprint density at radius 2 is 2.13 bits per heavy atom. The first-order chi connectivity index (χ1) is 7.15. The summed E-state index contributed by atoms with van der Waals surface area (Å²) in [5.74, 6) is -0.0210. The first-order valence-corrected chi connectivity index (χ1v) is 4.79. The molecule has 0 spiro atoms. The zero-order valence-electron chi connectivity index (χ0n) is 8.59. The van der Waals surface area contributed by atoms with Gasteiger partial charge in [0.1, 0.15) is 11.9 Å². The van der Waals surface area contributed by atoms with Crippen LogP contribution in [-0.2, 0) is 0 Å². The maximum absolute atomic E-state index is 9.71. The van der Waals surface area contributed by atoms with Crippen molar-refractivity contribution in [1.29, 1.82) is 0 Å².